The zero-order valence-electron chi connectivity index (χ0n) is 14.4. The predicted octanol–water partition coefficient (Wildman–Crippen LogP) is 2.73. The normalized spacial score (nSPS) is 15.7. The number of nitrogens with zero attached hydrogens (tertiary/aromatic N) is 1. The van der Waals surface area contributed by atoms with Gasteiger partial charge in [0.15, 0.2) is 0 Å². The van der Waals surface area contributed by atoms with Gasteiger partial charge in [0, 0.05) is 24.2 Å². The molecule has 132 valence electrons. The van der Waals surface area contributed by atoms with Crippen molar-refractivity contribution in [3.8, 4) is 16.9 Å². The Hall–Kier alpha value is -2.15. The second kappa shape index (κ2) is 7.00. The Balaban J connectivity index is 2.13. The lowest BCUT2D eigenvalue weighted by molar-refractivity contribution is 0.369. The molecule has 25 heavy (non-hydrogen) atoms. The molecule has 0 unspecified atom stereocenters. The number of nitrogens with two attached hydrogens (primary N) is 1. The lowest BCUT2D eigenvalue weighted by atomic mass is 9.94. The Morgan fingerprint density at radius 1 is 1.12 bits per heavy atom. The third-order valence-corrected chi connectivity index (χ3v) is 5.43. The fraction of sp³-hybridized carbons (Fsp3) is 0.263. The van der Waals surface area contributed by atoms with Crippen LogP contribution in [0.5, 0.6) is 5.75 Å². The number of benzene rings is 2. The Morgan fingerprint density at radius 2 is 1.88 bits per heavy atom. The summed E-state index contributed by atoms with van der Waals surface area (Å²) in [4.78, 5) is 2.37. The van der Waals surface area contributed by atoms with E-state index in [1.54, 1.807) is 19.2 Å². The maximum atomic E-state index is 11.9. The van der Waals surface area contributed by atoms with Gasteiger partial charge < -0.3 is 9.64 Å². The van der Waals surface area contributed by atoms with Crippen LogP contribution in [-0.2, 0) is 10.0 Å². The quantitative estimate of drug-likeness (QED) is 0.912. The molecule has 1 aliphatic heterocycles. The minimum atomic E-state index is -3.79. The molecule has 0 fully saturated rings. The lowest BCUT2D eigenvalue weighted by Crippen LogP contribution is -2.23. The number of likely N-dealkylation sites (N-methyl/N-ethyl adjacent to an activating group) is 1. The van der Waals surface area contributed by atoms with Crippen LogP contribution < -0.4 is 9.88 Å². The van der Waals surface area contributed by atoms with Gasteiger partial charge in [-0.1, -0.05) is 30.3 Å². The molecule has 0 bridgehead atoms. The van der Waals surface area contributed by atoms with Crippen molar-refractivity contribution in [3.63, 3.8) is 0 Å². The van der Waals surface area contributed by atoms with Crippen LogP contribution in [0.4, 0.5) is 0 Å². The van der Waals surface area contributed by atoms with Gasteiger partial charge >= 0.3 is 0 Å². The summed E-state index contributed by atoms with van der Waals surface area (Å²) in [7, 11) is -0.0631. The van der Waals surface area contributed by atoms with Crippen LogP contribution in [0.15, 0.2) is 53.4 Å². The van der Waals surface area contributed by atoms with E-state index in [1.165, 1.54) is 11.6 Å². The first kappa shape index (κ1) is 17.7. The summed E-state index contributed by atoms with van der Waals surface area (Å²) in [6, 6.07) is 12.5. The van der Waals surface area contributed by atoms with Crippen LogP contribution in [0.3, 0.4) is 0 Å². The molecule has 0 aliphatic carbocycles. The minimum absolute atomic E-state index is 0.128. The van der Waals surface area contributed by atoms with Crippen molar-refractivity contribution in [2.75, 3.05) is 27.2 Å². The summed E-state index contributed by atoms with van der Waals surface area (Å²) >= 11 is 0. The molecule has 0 spiro atoms. The Bertz CT molecular complexity index is 920. The number of methoxy groups -OCH3 is 1. The molecule has 6 heteroatoms. The molecule has 0 aromatic heterocycles. The van der Waals surface area contributed by atoms with Gasteiger partial charge in [-0.05, 0) is 42.8 Å². The van der Waals surface area contributed by atoms with Gasteiger partial charge in [0.2, 0.25) is 10.0 Å². The topological polar surface area (TPSA) is 72.6 Å². The predicted molar refractivity (Wildman–Crippen MR) is 99.9 cm³/mol. The van der Waals surface area contributed by atoms with Crippen molar-refractivity contribution < 1.29 is 13.2 Å². The van der Waals surface area contributed by atoms with Crippen LogP contribution in [0.25, 0.3) is 16.7 Å². The SMILES string of the molecule is COc1ccc(-c2ccccc2S(N)(=O)=O)cc1C1=CCN(C)CC1. The fourth-order valence-corrected chi connectivity index (χ4v) is 3.86. The fourth-order valence-electron chi connectivity index (χ4n) is 3.10. The van der Waals surface area contributed by atoms with Gasteiger partial charge in [-0.25, -0.2) is 13.6 Å². The van der Waals surface area contributed by atoms with Crippen molar-refractivity contribution in [1.82, 2.24) is 4.90 Å². The lowest BCUT2D eigenvalue weighted by Gasteiger charge is -2.23. The van der Waals surface area contributed by atoms with E-state index >= 15 is 0 Å². The molecule has 2 N–H and O–H groups in total. The number of hydrogen-bond donors (Lipinski definition) is 1. The highest BCUT2D eigenvalue weighted by molar-refractivity contribution is 7.89. The van der Waals surface area contributed by atoms with Gasteiger partial charge in [0.1, 0.15) is 5.75 Å². The van der Waals surface area contributed by atoms with Crippen molar-refractivity contribution in [3.05, 3.63) is 54.1 Å². The number of rotatable bonds is 4. The number of sulfonamides is 1. The van der Waals surface area contributed by atoms with E-state index in [-0.39, 0.29) is 4.90 Å². The highest BCUT2D eigenvalue weighted by Gasteiger charge is 2.18. The summed E-state index contributed by atoms with van der Waals surface area (Å²) < 4.78 is 29.3. The third kappa shape index (κ3) is 3.76. The van der Waals surface area contributed by atoms with Crippen LogP contribution >= 0.6 is 0 Å². The summed E-state index contributed by atoms with van der Waals surface area (Å²) in [5.41, 5.74) is 3.62. The summed E-state index contributed by atoms with van der Waals surface area (Å²) in [6.45, 7) is 1.86. The van der Waals surface area contributed by atoms with Crippen molar-refractivity contribution in [2.45, 2.75) is 11.3 Å². The maximum absolute atomic E-state index is 11.9. The molecule has 3 rings (SSSR count). The largest absolute Gasteiger partial charge is 0.496 e. The Labute approximate surface area is 148 Å². The van der Waals surface area contributed by atoms with Crippen LogP contribution in [0.2, 0.25) is 0 Å². The van der Waals surface area contributed by atoms with E-state index in [1.807, 2.05) is 24.3 Å². The van der Waals surface area contributed by atoms with Crippen molar-refractivity contribution in [1.29, 1.82) is 0 Å². The number of primary sulfonamides is 1. The molecule has 1 aliphatic rings. The summed E-state index contributed by atoms with van der Waals surface area (Å²) in [6.07, 6.45) is 3.11. The molecule has 1 heterocycles. The second-order valence-electron chi connectivity index (χ2n) is 6.20. The minimum Gasteiger partial charge on any atom is -0.496 e. The number of hydrogen-bond acceptors (Lipinski definition) is 4. The summed E-state index contributed by atoms with van der Waals surface area (Å²) in [5, 5.41) is 5.38. The number of ether oxygens (including phenoxy) is 1. The highest BCUT2D eigenvalue weighted by atomic mass is 32.2. The van der Waals surface area contributed by atoms with Crippen LogP contribution in [0.1, 0.15) is 12.0 Å². The monoisotopic (exact) mass is 358 g/mol. The first-order chi connectivity index (χ1) is 11.9. The second-order valence-corrected chi connectivity index (χ2v) is 7.73. The molecule has 5 nitrogen and oxygen atoms in total. The maximum Gasteiger partial charge on any atom is 0.238 e. The average Bonchev–Trinajstić information content (AvgIpc) is 2.61. The van der Waals surface area contributed by atoms with Crippen LogP contribution in [0, 0.1) is 0 Å². The van der Waals surface area contributed by atoms with Gasteiger partial charge in [0.05, 0.1) is 12.0 Å². The molecule has 0 atom stereocenters. The zero-order valence-corrected chi connectivity index (χ0v) is 15.2. The highest BCUT2D eigenvalue weighted by Crippen LogP contribution is 2.35. The standard InChI is InChI=1S/C19H22N2O3S/c1-21-11-9-14(10-12-21)17-13-15(7-8-18(17)24-2)16-5-3-4-6-19(16)25(20,22)23/h3-9,13H,10-12H2,1-2H3,(H2,20,22,23). The molecule has 0 amide bonds. The van der Waals surface area contributed by atoms with Gasteiger partial charge in [0.25, 0.3) is 0 Å². The first-order valence-electron chi connectivity index (χ1n) is 8.08. The zero-order chi connectivity index (χ0) is 18.0. The van der Waals surface area contributed by atoms with E-state index in [2.05, 4.69) is 18.0 Å². The molecule has 0 saturated heterocycles. The van der Waals surface area contributed by atoms with Crippen molar-refractivity contribution in [2.24, 2.45) is 5.14 Å². The van der Waals surface area contributed by atoms with E-state index < -0.39 is 10.0 Å². The molecular formula is C19H22N2O3S. The van der Waals surface area contributed by atoms with Gasteiger partial charge in [-0.15, -0.1) is 0 Å². The third-order valence-electron chi connectivity index (χ3n) is 4.46. The molecule has 0 saturated carbocycles. The van der Waals surface area contributed by atoms with E-state index in [0.29, 0.717) is 5.56 Å². The summed E-state index contributed by atoms with van der Waals surface area (Å²) in [5.74, 6) is 0.785. The molecule has 0 radical (unpaired) electrons. The molecular weight excluding hydrogens is 336 g/mol. The van der Waals surface area contributed by atoms with E-state index in [0.717, 1.165) is 36.4 Å². The Kier molecular flexibility index (Phi) is 4.94. The van der Waals surface area contributed by atoms with Crippen molar-refractivity contribution >= 4 is 15.6 Å². The van der Waals surface area contributed by atoms with Gasteiger partial charge in [-0.2, -0.15) is 0 Å². The Morgan fingerprint density at radius 3 is 2.52 bits per heavy atom. The smallest absolute Gasteiger partial charge is 0.238 e. The van der Waals surface area contributed by atoms with Crippen LogP contribution in [-0.4, -0.2) is 40.6 Å². The average molecular weight is 358 g/mol. The van der Waals surface area contributed by atoms with Gasteiger partial charge in [-0.3, -0.25) is 0 Å². The first-order valence-corrected chi connectivity index (χ1v) is 9.63. The molecule has 2 aromatic rings. The van der Waals surface area contributed by atoms with E-state index in [4.69, 9.17) is 9.88 Å². The van der Waals surface area contributed by atoms with E-state index in [9.17, 15) is 8.42 Å². The molecule has 2 aromatic carbocycles.